The van der Waals surface area contributed by atoms with E-state index in [-0.39, 0.29) is 23.5 Å². The van der Waals surface area contributed by atoms with Crippen LogP contribution in [0.3, 0.4) is 0 Å². The minimum atomic E-state index is -4.47. The molecule has 1 heterocycles. The summed E-state index contributed by atoms with van der Waals surface area (Å²) in [6, 6.07) is 11.2. The minimum absolute atomic E-state index is 0.0630. The Balaban J connectivity index is 1.64. The van der Waals surface area contributed by atoms with Gasteiger partial charge in [-0.15, -0.1) is 0 Å². The van der Waals surface area contributed by atoms with E-state index in [0.29, 0.717) is 18.8 Å². The van der Waals surface area contributed by atoms with Crippen molar-refractivity contribution < 1.29 is 26.4 Å². The number of nitrogens with one attached hydrogen (secondary N) is 1. The van der Waals surface area contributed by atoms with Crippen molar-refractivity contribution in [2.75, 3.05) is 32.0 Å². The van der Waals surface area contributed by atoms with Gasteiger partial charge in [0.15, 0.2) is 0 Å². The van der Waals surface area contributed by atoms with Crippen LogP contribution in [-0.2, 0) is 27.5 Å². The van der Waals surface area contributed by atoms with Crippen molar-refractivity contribution in [3.8, 4) is 0 Å². The highest BCUT2D eigenvalue weighted by molar-refractivity contribution is 7.89. The number of carbonyl (C=O) groups excluding carboxylic acids is 1. The molecule has 1 aliphatic rings. The predicted octanol–water partition coefficient (Wildman–Crippen LogP) is 3.56. The number of rotatable bonds is 7. The van der Waals surface area contributed by atoms with E-state index in [4.69, 9.17) is 0 Å². The Hall–Kier alpha value is -2.43. The molecular formula is C21H24F3N3O3S. The molecule has 2 aromatic carbocycles. The average molecular weight is 456 g/mol. The fourth-order valence-electron chi connectivity index (χ4n) is 3.54. The average Bonchev–Trinajstić information content (AvgIpc) is 3.23. The molecule has 2 aromatic rings. The van der Waals surface area contributed by atoms with Crippen LogP contribution in [0.5, 0.6) is 0 Å². The summed E-state index contributed by atoms with van der Waals surface area (Å²) < 4.78 is 66.2. The molecule has 1 fully saturated rings. The first kappa shape index (κ1) is 23.2. The second-order valence-electron chi connectivity index (χ2n) is 7.51. The van der Waals surface area contributed by atoms with Gasteiger partial charge < -0.3 is 5.32 Å². The zero-order valence-electron chi connectivity index (χ0n) is 17.0. The van der Waals surface area contributed by atoms with Gasteiger partial charge in [0.1, 0.15) is 0 Å². The third-order valence-electron chi connectivity index (χ3n) is 5.00. The normalized spacial score (nSPS) is 15.4. The molecular weight excluding hydrogens is 431 g/mol. The Kier molecular flexibility index (Phi) is 7.03. The molecule has 168 valence electrons. The summed E-state index contributed by atoms with van der Waals surface area (Å²) in [6.45, 7) is 0.730. The summed E-state index contributed by atoms with van der Waals surface area (Å²) in [7, 11) is -2.07. The smallest absolute Gasteiger partial charge is 0.325 e. The minimum Gasteiger partial charge on any atom is -0.325 e. The fourth-order valence-corrected chi connectivity index (χ4v) is 5.10. The molecule has 0 aromatic heterocycles. The molecule has 0 aliphatic carbocycles. The monoisotopic (exact) mass is 455 g/mol. The highest BCUT2D eigenvalue weighted by Crippen LogP contribution is 2.32. The lowest BCUT2D eigenvalue weighted by Crippen LogP contribution is -2.31. The number of hydrogen-bond donors (Lipinski definition) is 1. The van der Waals surface area contributed by atoms with Gasteiger partial charge in [0.25, 0.3) is 0 Å². The number of benzene rings is 2. The second-order valence-corrected chi connectivity index (χ2v) is 9.45. The number of likely N-dealkylation sites (N-methyl/N-ethyl adjacent to an activating group) is 1. The molecule has 1 saturated heterocycles. The predicted molar refractivity (Wildman–Crippen MR) is 111 cm³/mol. The van der Waals surface area contributed by atoms with Crippen LogP contribution < -0.4 is 5.32 Å². The van der Waals surface area contributed by atoms with Crippen molar-refractivity contribution in [3.05, 3.63) is 59.7 Å². The van der Waals surface area contributed by atoms with Crippen molar-refractivity contribution >= 4 is 21.6 Å². The first-order chi connectivity index (χ1) is 14.6. The highest BCUT2D eigenvalue weighted by Gasteiger charge is 2.33. The quantitative estimate of drug-likeness (QED) is 0.693. The van der Waals surface area contributed by atoms with E-state index < -0.39 is 27.7 Å². The summed E-state index contributed by atoms with van der Waals surface area (Å²) in [5.74, 6) is -0.456. The van der Waals surface area contributed by atoms with Gasteiger partial charge in [-0.2, -0.15) is 17.5 Å². The number of halogens is 3. The lowest BCUT2D eigenvalue weighted by atomic mass is 10.1. The van der Waals surface area contributed by atoms with E-state index in [2.05, 4.69) is 5.32 Å². The van der Waals surface area contributed by atoms with Gasteiger partial charge >= 0.3 is 6.18 Å². The van der Waals surface area contributed by atoms with Gasteiger partial charge in [-0.1, -0.05) is 24.3 Å². The molecule has 0 unspecified atom stereocenters. The topological polar surface area (TPSA) is 69.7 Å². The van der Waals surface area contributed by atoms with Crippen LogP contribution in [0, 0.1) is 0 Å². The van der Waals surface area contributed by atoms with Gasteiger partial charge in [-0.05, 0) is 49.7 Å². The van der Waals surface area contributed by atoms with Crippen LogP contribution in [0.2, 0.25) is 0 Å². The van der Waals surface area contributed by atoms with Gasteiger partial charge in [0, 0.05) is 25.3 Å². The third-order valence-corrected chi connectivity index (χ3v) is 6.89. The molecule has 1 aliphatic heterocycles. The Labute approximate surface area is 179 Å². The van der Waals surface area contributed by atoms with Crippen molar-refractivity contribution in [3.63, 3.8) is 0 Å². The molecule has 0 saturated carbocycles. The first-order valence-electron chi connectivity index (χ1n) is 9.81. The number of anilines is 1. The molecule has 6 nitrogen and oxygen atoms in total. The van der Waals surface area contributed by atoms with E-state index >= 15 is 0 Å². The molecule has 10 heteroatoms. The summed E-state index contributed by atoms with van der Waals surface area (Å²) >= 11 is 0. The second kappa shape index (κ2) is 9.37. The van der Waals surface area contributed by atoms with E-state index in [0.717, 1.165) is 18.9 Å². The Morgan fingerprint density at radius 2 is 1.77 bits per heavy atom. The third kappa shape index (κ3) is 5.84. The maximum Gasteiger partial charge on any atom is 0.416 e. The Morgan fingerprint density at radius 3 is 2.45 bits per heavy atom. The molecule has 1 amide bonds. The van der Waals surface area contributed by atoms with Gasteiger partial charge in [-0.25, -0.2) is 8.42 Å². The number of sulfonamides is 1. The van der Waals surface area contributed by atoms with Gasteiger partial charge in [0.2, 0.25) is 15.9 Å². The maximum absolute atomic E-state index is 13.1. The zero-order chi connectivity index (χ0) is 22.6. The Bertz CT molecular complexity index is 1040. The molecule has 0 radical (unpaired) electrons. The van der Waals surface area contributed by atoms with Crippen LogP contribution in [0.1, 0.15) is 24.0 Å². The van der Waals surface area contributed by atoms with E-state index in [1.54, 1.807) is 19.2 Å². The SMILES string of the molecule is CN(CC(=O)Nc1cccc(S(=O)(=O)N2CCCC2)c1)Cc1ccccc1C(F)(F)F. The summed E-state index contributed by atoms with van der Waals surface area (Å²) in [4.78, 5) is 13.9. The largest absolute Gasteiger partial charge is 0.416 e. The fraction of sp³-hybridized carbons (Fsp3) is 0.381. The van der Waals surface area contributed by atoms with Crippen molar-refractivity contribution in [2.45, 2.75) is 30.5 Å². The van der Waals surface area contributed by atoms with Gasteiger partial charge in [0.05, 0.1) is 17.0 Å². The Morgan fingerprint density at radius 1 is 1.10 bits per heavy atom. The van der Waals surface area contributed by atoms with Crippen LogP contribution in [0.4, 0.5) is 18.9 Å². The number of nitrogens with zero attached hydrogens (tertiary/aromatic N) is 2. The lowest BCUT2D eigenvalue weighted by Gasteiger charge is -2.20. The summed E-state index contributed by atoms with van der Waals surface area (Å²) in [6.07, 6.45) is -2.83. The van der Waals surface area contributed by atoms with E-state index in [1.165, 1.54) is 39.5 Å². The molecule has 0 atom stereocenters. The molecule has 0 bridgehead atoms. The zero-order valence-corrected chi connectivity index (χ0v) is 17.8. The first-order valence-corrected chi connectivity index (χ1v) is 11.2. The van der Waals surface area contributed by atoms with Crippen LogP contribution >= 0.6 is 0 Å². The summed E-state index contributed by atoms with van der Waals surface area (Å²) in [5.41, 5.74) is -0.347. The van der Waals surface area contributed by atoms with Crippen LogP contribution in [0.15, 0.2) is 53.4 Å². The highest BCUT2D eigenvalue weighted by atomic mass is 32.2. The molecule has 31 heavy (non-hydrogen) atoms. The van der Waals surface area contributed by atoms with E-state index in [9.17, 15) is 26.4 Å². The van der Waals surface area contributed by atoms with Crippen molar-refractivity contribution in [2.24, 2.45) is 0 Å². The molecule has 3 rings (SSSR count). The summed E-state index contributed by atoms with van der Waals surface area (Å²) in [5, 5.41) is 2.62. The van der Waals surface area contributed by atoms with Crippen LogP contribution in [-0.4, -0.2) is 50.2 Å². The standard InChI is InChI=1S/C21H24F3N3O3S/c1-26(14-16-7-2-3-10-19(16)21(22,23)24)15-20(28)25-17-8-6-9-18(13-17)31(29,30)27-11-4-5-12-27/h2-3,6-10,13H,4-5,11-12,14-15H2,1H3,(H,25,28). The van der Waals surface area contributed by atoms with Gasteiger partial charge in [-0.3, -0.25) is 9.69 Å². The van der Waals surface area contributed by atoms with Crippen molar-refractivity contribution in [1.82, 2.24) is 9.21 Å². The van der Waals surface area contributed by atoms with Crippen molar-refractivity contribution in [1.29, 1.82) is 0 Å². The number of hydrogen-bond acceptors (Lipinski definition) is 4. The number of carbonyl (C=O) groups is 1. The number of alkyl halides is 3. The van der Waals surface area contributed by atoms with Crippen LogP contribution in [0.25, 0.3) is 0 Å². The van der Waals surface area contributed by atoms with E-state index in [1.807, 2.05) is 0 Å². The maximum atomic E-state index is 13.1. The molecule has 1 N–H and O–H groups in total. The molecule has 0 spiro atoms. The number of amides is 1. The lowest BCUT2D eigenvalue weighted by molar-refractivity contribution is -0.138.